The number of nitrogens with one attached hydrogen (secondary N) is 1. The van der Waals surface area contributed by atoms with E-state index in [1.807, 2.05) is 31.2 Å². The molecule has 4 rings (SSSR count). The van der Waals surface area contributed by atoms with Gasteiger partial charge in [0.05, 0.1) is 17.2 Å². The number of benzene rings is 1. The van der Waals surface area contributed by atoms with Crippen LogP contribution in [-0.4, -0.2) is 35.1 Å². The standard InChI is InChI=1S/C25H26N6O2/c1-17-13-22(25(32)29-16-18-5-9-28-10-6-18)23(27)30-24(17)31-11-7-20(8-12-31)33-21-4-2-3-19(14-21)15-26/h2-6,9-10,13-14,20H,7-8,11-12,16H2,1H3,(H2,27,30)(H,29,32). The third-order valence-corrected chi connectivity index (χ3v) is 5.67. The molecule has 0 atom stereocenters. The Hall–Kier alpha value is -4.12. The third kappa shape index (κ3) is 5.39. The predicted molar refractivity (Wildman–Crippen MR) is 126 cm³/mol. The molecule has 1 fully saturated rings. The van der Waals surface area contributed by atoms with Gasteiger partial charge < -0.3 is 20.7 Å². The molecule has 1 aliphatic heterocycles. The van der Waals surface area contributed by atoms with Crippen molar-refractivity contribution in [3.8, 4) is 11.8 Å². The molecule has 1 aliphatic rings. The van der Waals surface area contributed by atoms with Crippen LogP contribution in [0.1, 0.15) is 39.9 Å². The lowest BCUT2D eigenvalue weighted by Crippen LogP contribution is -2.39. The van der Waals surface area contributed by atoms with Gasteiger partial charge in [-0.3, -0.25) is 9.78 Å². The Balaban J connectivity index is 1.37. The normalized spacial score (nSPS) is 13.9. The van der Waals surface area contributed by atoms with Crippen molar-refractivity contribution in [1.29, 1.82) is 5.26 Å². The smallest absolute Gasteiger partial charge is 0.255 e. The highest BCUT2D eigenvalue weighted by Crippen LogP contribution is 2.27. The van der Waals surface area contributed by atoms with E-state index in [-0.39, 0.29) is 17.8 Å². The van der Waals surface area contributed by atoms with E-state index < -0.39 is 0 Å². The fourth-order valence-corrected chi connectivity index (χ4v) is 3.91. The van der Waals surface area contributed by atoms with E-state index in [1.54, 1.807) is 30.6 Å². The van der Waals surface area contributed by atoms with Gasteiger partial charge in [-0.15, -0.1) is 0 Å². The van der Waals surface area contributed by atoms with Gasteiger partial charge in [-0.05, 0) is 54.4 Å². The second-order valence-corrected chi connectivity index (χ2v) is 8.04. The highest BCUT2D eigenvalue weighted by atomic mass is 16.5. The number of aryl methyl sites for hydroxylation is 1. The van der Waals surface area contributed by atoms with Crippen LogP contribution >= 0.6 is 0 Å². The molecule has 0 unspecified atom stereocenters. The summed E-state index contributed by atoms with van der Waals surface area (Å²) in [5, 5.41) is 11.9. The quantitative estimate of drug-likeness (QED) is 0.602. The Kier molecular flexibility index (Phi) is 6.69. The Bertz CT molecular complexity index is 1170. The predicted octanol–water partition coefficient (Wildman–Crippen LogP) is 3.22. The molecule has 0 spiro atoms. The molecule has 3 heterocycles. The Morgan fingerprint density at radius 3 is 2.73 bits per heavy atom. The second kappa shape index (κ2) is 10.0. The first-order chi connectivity index (χ1) is 16.0. The molecule has 33 heavy (non-hydrogen) atoms. The second-order valence-electron chi connectivity index (χ2n) is 8.04. The van der Waals surface area contributed by atoms with Crippen LogP contribution in [0.25, 0.3) is 0 Å². The fourth-order valence-electron chi connectivity index (χ4n) is 3.91. The van der Waals surface area contributed by atoms with Crippen molar-refractivity contribution in [3.63, 3.8) is 0 Å². The molecule has 3 aromatic rings. The zero-order chi connectivity index (χ0) is 23.2. The first-order valence-electron chi connectivity index (χ1n) is 10.9. The van der Waals surface area contributed by atoms with Gasteiger partial charge in [0.25, 0.3) is 5.91 Å². The van der Waals surface area contributed by atoms with Crippen LogP contribution in [0.4, 0.5) is 11.6 Å². The molecule has 0 aliphatic carbocycles. The van der Waals surface area contributed by atoms with Gasteiger partial charge in [0.1, 0.15) is 23.5 Å². The SMILES string of the molecule is Cc1cc(C(=O)NCc2ccncc2)c(N)nc1N1CCC(Oc2cccc(C#N)c2)CC1. The average Bonchev–Trinajstić information content (AvgIpc) is 2.85. The molecule has 0 saturated carbocycles. The topological polar surface area (TPSA) is 117 Å². The fraction of sp³-hybridized carbons (Fsp3) is 0.280. The molecule has 8 nitrogen and oxygen atoms in total. The molecule has 8 heteroatoms. The lowest BCUT2D eigenvalue weighted by atomic mass is 10.1. The zero-order valence-electron chi connectivity index (χ0n) is 18.5. The van der Waals surface area contributed by atoms with Crippen molar-refractivity contribution in [2.45, 2.75) is 32.4 Å². The zero-order valence-corrected chi connectivity index (χ0v) is 18.5. The molecular weight excluding hydrogens is 416 g/mol. The maximum atomic E-state index is 12.6. The van der Waals surface area contributed by atoms with E-state index in [0.29, 0.717) is 23.4 Å². The number of ether oxygens (including phenoxy) is 1. The molecule has 1 saturated heterocycles. The first kappa shape index (κ1) is 22.1. The van der Waals surface area contributed by atoms with E-state index in [9.17, 15) is 4.79 Å². The van der Waals surface area contributed by atoms with Crippen LogP contribution in [0.15, 0.2) is 54.9 Å². The maximum Gasteiger partial charge on any atom is 0.255 e. The van der Waals surface area contributed by atoms with Gasteiger partial charge in [-0.25, -0.2) is 4.98 Å². The number of nitriles is 1. The number of nitrogen functional groups attached to an aromatic ring is 1. The number of anilines is 2. The van der Waals surface area contributed by atoms with Gasteiger partial charge in [0.15, 0.2) is 0 Å². The van der Waals surface area contributed by atoms with Crippen LogP contribution in [0.2, 0.25) is 0 Å². The van der Waals surface area contributed by atoms with Crippen molar-refractivity contribution >= 4 is 17.5 Å². The summed E-state index contributed by atoms with van der Waals surface area (Å²) in [6.07, 6.45) is 5.10. The minimum atomic E-state index is -0.252. The molecule has 1 aromatic carbocycles. The summed E-state index contributed by atoms with van der Waals surface area (Å²) >= 11 is 0. The lowest BCUT2D eigenvalue weighted by molar-refractivity contribution is 0.0951. The molecule has 1 amide bonds. The van der Waals surface area contributed by atoms with Gasteiger partial charge in [-0.1, -0.05) is 6.07 Å². The van der Waals surface area contributed by atoms with Gasteiger partial charge in [0.2, 0.25) is 0 Å². The number of carbonyl (C=O) groups excluding carboxylic acids is 1. The van der Waals surface area contributed by atoms with Gasteiger partial charge in [-0.2, -0.15) is 5.26 Å². The third-order valence-electron chi connectivity index (χ3n) is 5.67. The number of nitrogens with zero attached hydrogens (tertiary/aromatic N) is 4. The monoisotopic (exact) mass is 442 g/mol. The van der Waals surface area contributed by atoms with E-state index in [0.717, 1.165) is 42.9 Å². The number of carbonyl (C=O) groups is 1. The molecule has 0 radical (unpaired) electrons. The highest BCUT2D eigenvalue weighted by molar-refractivity contribution is 5.98. The summed E-state index contributed by atoms with van der Waals surface area (Å²) in [6, 6.07) is 14.9. The number of piperidine rings is 1. The van der Waals surface area contributed by atoms with Crippen molar-refractivity contribution in [1.82, 2.24) is 15.3 Å². The van der Waals surface area contributed by atoms with Gasteiger partial charge >= 0.3 is 0 Å². The van der Waals surface area contributed by atoms with Crippen LogP contribution < -0.4 is 20.7 Å². The number of amides is 1. The Labute approximate surface area is 193 Å². The van der Waals surface area contributed by atoms with Crippen LogP contribution in [0.3, 0.4) is 0 Å². The largest absolute Gasteiger partial charge is 0.490 e. The number of aromatic nitrogens is 2. The number of pyridine rings is 2. The highest BCUT2D eigenvalue weighted by Gasteiger charge is 2.24. The average molecular weight is 443 g/mol. The number of rotatable bonds is 6. The number of nitrogens with two attached hydrogens (primary N) is 1. The van der Waals surface area contributed by atoms with Crippen molar-refractivity contribution < 1.29 is 9.53 Å². The number of hydrogen-bond donors (Lipinski definition) is 2. The van der Waals surface area contributed by atoms with E-state index in [1.165, 1.54) is 0 Å². The minimum absolute atomic E-state index is 0.0751. The lowest BCUT2D eigenvalue weighted by Gasteiger charge is -2.34. The van der Waals surface area contributed by atoms with Crippen LogP contribution in [0.5, 0.6) is 5.75 Å². The van der Waals surface area contributed by atoms with Crippen molar-refractivity contribution in [3.05, 3.63) is 77.1 Å². The Morgan fingerprint density at radius 1 is 1.24 bits per heavy atom. The maximum absolute atomic E-state index is 12.6. The molecule has 2 aromatic heterocycles. The van der Waals surface area contributed by atoms with Crippen LogP contribution in [-0.2, 0) is 6.54 Å². The number of hydrogen-bond acceptors (Lipinski definition) is 7. The van der Waals surface area contributed by atoms with Crippen molar-refractivity contribution in [2.75, 3.05) is 23.7 Å². The molecular formula is C25H26N6O2. The summed E-state index contributed by atoms with van der Waals surface area (Å²) in [5.74, 6) is 1.48. The summed E-state index contributed by atoms with van der Waals surface area (Å²) in [5.41, 5.74) is 8.99. The Morgan fingerprint density at radius 2 is 2.00 bits per heavy atom. The first-order valence-corrected chi connectivity index (χ1v) is 10.9. The summed E-state index contributed by atoms with van der Waals surface area (Å²) in [6.45, 7) is 3.87. The van der Waals surface area contributed by atoms with E-state index >= 15 is 0 Å². The summed E-state index contributed by atoms with van der Waals surface area (Å²) in [4.78, 5) is 23.4. The summed E-state index contributed by atoms with van der Waals surface area (Å²) < 4.78 is 6.07. The summed E-state index contributed by atoms with van der Waals surface area (Å²) in [7, 11) is 0. The van der Waals surface area contributed by atoms with E-state index in [4.69, 9.17) is 15.7 Å². The van der Waals surface area contributed by atoms with Crippen LogP contribution in [0, 0.1) is 18.3 Å². The molecule has 0 bridgehead atoms. The van der Waals surface area contributed by atoms with E-state index in [2.05, 4.69) is 26.3 Å². The molecule has 3 N–H and O–H groups in total. The van der Waals surface area contributed by atoms with Gasteiger partial charge in [0, 0.05) is 44.9 Å². The minimum Gasteiger partial charge on any atom is -0.490 e. The van der Waals surface area contributed by atoms with Crippen molar-refractivity contribution in [2.24, 2.45) is 0 Å². The molecule has 168 valence electrons.